The molecule has 152 valence electrons. The summed E-state index contributed by atoms with van der Waals surface area (Å²) in [5.41, 5.74) is -0.961. The topological polar surface area (TPSA) is 81.7 Å². The van der Waals surface area contributed by atoms with Gasteiger partial charge in [-0.25, -0.2) is 19.3 Å². The van der Waals surface area contributed by atoms with Crippen molar-refractivity contribution in [3.8, 4) is 5.82 Å². The summed E-state index contributed by atoms with van der Waals surface area (Å²) in [5.74, 6) is 0.560. The number of hydrogen-bond acceptors (Lipinski definition) is 6. The van der Waals surface area contributed by atoms with Crippen molar-refractivity contribution in [2.45, 2.75) is 25.6 Å². The van der Waals surface area contributed by atoms with Crippen molar-refractivity contribution in [2.75, 3.05) is 18.0 Å². The summed E-state index contributed by atoms with van der Waals surface area (Å²) in [6.07, 6.45) is 1.06. The van der Waals surface area contributed by atoms with Crippen LogP contribution in [0.4, 0.5) is 19.0 Å². The lowest BCUT2D eigenvalue weighted by molar-refractivity contribution is -0.137. The Hall–Kier alpha value is -3.24. The monoisotopic (exact) mass is 405 g/mol. The van der Waals surface area contributed by atoms with E-state index in [9.17, 15) is 18.0 Å². The quantitative estimate of drug-likeness (QED) is 0.662. The van der Waals surface area contributed by atoms with Crippen molar-refractivity contribution in [1.82, 2.24) is 29.5 Å². The molecule has 0 spiro atoms. The van der Waals surface area contributed by atoms with Crippen molar-refractivity contribution in [3.05, 3.63) is 59.0 Å². The number of anilines is 1. The van der Waals surface area contributed by atoms with E-state index in [0.717, 1.165) is 6.07 Å². The van der Waals surface area contributed by atoms with E-state index in [1.54, 1.807) is 11.0 Å². The minimum Gasteiger partial charge on any atom is -0.356 e. The molecule has 4 heterocycles. The van der Waals surface area contributed by atoms with Gasteiger partial charge in [0.2, 0.25) is 0 Å². The van der Waals surface area contributed by atoms with Crippen molar-refractivity contribution in [3.63, 3.8) is 0 Å². The summed E-state index contributed by atoms with van der Waals surface area (Å²) in [6.45, 7) is 1.26. The normalized spacial score (nSPS) is 15.6. The maximum absolute atomic E-state index is 13.2. The van der Waals surface area contributed by atoms with Crippen molar-refractivity contribution >= 4 is 5.82 Å². The first-order chi connectivity index (χ1) is 13.9. The zero-order chi connectivity index (χ0) is 20.4. The van der Waals surface area contributed by atoms with Gasteiger partial charge in [-0.05, 0) is 37.0 Å². The number of piperidine rings is 1. The third-order valence-corrected chi connectivity index (χ3v) is 4.94. The molecule has 0 aromatic carbocycles. The van der Waals surface area contributed by atoms with Gasteiger partial charge < -0.3 is 4.90 Å². The third-order valence-electron chi connectivity index (χ3n) is 4.94. The molecule has 3 aromatic heterocycles. The average molecular weight is 405 g/mol. The number of halogens is 3. The van der Waals surface area contributed by atoms with Crippen molar-refractivity contribution in [1.29, 1.82) is 0 Å². The largest absolute Gasteiger partial charge is 0.419 e. The van der Waals surface area contributed by atoms with E-state index in [2.05, 4.69) is 20.2 Å². The van der Waals surface area contributed by atoms with E-state index in [4.69, 9.17) is 0 Å². The van der Waals surface area contributed by atoms with Gasteiger partial charge in [-0.15, -0.1) is 5.10 Å². The summed E-state index contributed by atoms with van der Waals surface area (Å²) < 4.78 is 42.6. The van der Waals surface area contributed by atoms with Gasteiger partial charge in [-0.2, -0.15) is 18.3 Å². The molecule has 0 N–H and O–H groups in total. The first-order valence-electron chi connectivity index (χ1n) is 9.12. The van der Waals surface area contributed by atoms with E-state index in [0.29, 0.717) is 38.3 Å². The summed E-state index contributed by atoms with van der Waals surface area (Å²) in [4.78, 5) is 21.6. The summed E-state index contributed by atoms with van der Waals surface area (Å²) >= 11 is 0. The molecule has 0 bridgehead atoms. The second kappa shape index (κ2) is 7.64. The predicted octanol–water partition coefficient (Wildman–Crippen LogP) is 2.15. The Morgan fingerprint density at radius 1 is 1.14 bits per heavy atom. The Labute approximate surface area is 163 Å². The van der Waals surface area contributed by atoms with Gasteiger partial charge in [-0.1, -0.05) is 0 Å². The maximum Gasteiger partial charge on any atom is 0.419 e. The van der Waals surface area contributed by atoms with E-state index >= 15 is 0 Å². The van der Waals surface area contributed by atoms with Gasteiger partial charge in [0.1, 0.15) is 18.5 Å². The molecule has 8 nitrogen and oxygen atoms in total. The van der Waals surface area contributed by atoms with Crippen LogP contribution in [0, 0.1) is 5.92 Å². The second-order valence-electron chi connectivity index (χ2n) is 6.85. The van der Waals surface area contributed by atoms with Crippen LogP contribution in [0.2, 0.25) is 0 Å². The predicted molar refractivity (Wildman–Crippen MR) is 97.6 cm³/mol. The minimum atomic E-state index is -4.44. The Bertz CT molecular complexity index is 1020. The highest BCUT2D eigenvalue weighted by atomic mass is 19.4. The number of rotatable bonds is 4. The highest BCUT2D eigenvalue weighted by Crippen LogP contribution is 2.36. The Morgan fingerprint density at radius 2 is 1.93 bits per heavy atom. The fraction of sp³-hybridized carbons (Fsp3) is 0.389. The third kappa shape index (κ3) is 4.13. The first-order valence-corrected chi connectivity index (χ1v) is 9.12. The fourth-order valence-corrected chi connectivity index (χ4v) is 3.46. The summed E-state index contributed by atoms with van der Waals surface area (Å²) in [6, 6.07) is 5.32. The van der Waals surface area contributed by atoms with Gasteiger partial charge in [0.15, 0.2) is 5.82 Å². The Balaban J connectivity index is 1.45. The van der Waals surface area contributed by atoms with Crippen molar-refractivity contribution < 1.29 is 13.2 Å². The van der Waals surface area contributed by atoms with E-state index in [1.165, 1.54) is 40.3 Å². The van der Waals surface area contributed by atoms with Crippen LogP contribution in [0.15, 0.2) is 47.9 Å². The molecule has 0 amide bonds. The molecule has 0 radical (unpaired) electrons. The minimum absolute atomic E-state index is 0.0399. The molecule has 11 heteroatoms. The van der Waals surface area contributed by atoms with Gasteiger partial charge in [-0.3, -0.25) is 4.79 Å². The van der Waals surface area contributed by atoms with Crippen LogP contribution in [0.25, 0.3) is 5.82 Å². The van der Waals surface area contributed by atoms with Gasteiger partial charge in [0.05, 0.1) is 5.56 Å². The highest BCUT2D eigenvalue weighted by molar-refractivity contribution is 5.48. The van der Waals surface area contributed by atoms with E-state index in [-0.39, 0.29) is 17.3 Å². The van der Waals surface area contributed by atoms with Gasteiger partial charge in [0, 0.05) is 31.9 Å². The fourth-order valence-electron chi connectivity index (χ4n) is 3.46. The lowest BCUT2D eigenvalue weighted by Crippen LogP contribution is -2.38. The summed E-state index contributed by atoms with van der Waals surface area (Å²) in [5, 5.41) is 8.32. The van der Waals surface area contributed by atoms with E-state index < -0.39 is 11.7 Å². The number of alkyl halides is 3. The molecule has 4 rings (SSSR count). The Kier molecular flexibility index (Phi) is 5.03. The molecular formula is C18H18F3N7O. The van der Waals surface area contributed by atoms with Crippen LogP contribution < -0.4 is 10.5 Å². The molecule has 0 aliphatic carbocycles. The van der Waals surface area contributed by atoms with Crippen LogP contribution in [0.1, 0.15) is 18.4 Å². The molecule has 29 heavy (non-hydrogen) atoms. The van der Waals surface area contributed by atoms with Gasteiger partial charge in [0.25, 0.3) is 5.56 Å². The molecule has 1 aliphatic rings. The zero-order valence-electron chi connectivity index (χ0n) is 15.3. The van der Waals surface area contributed by atoms with Crippen LogP contribution in [-0.4, -0.2) is 42.6 Å². The van der Waals surface area contributed by atoms with E-state index in [1.807, 2.05) is 0 Å². The molecule has 1 saturated heterocycles. The second-order valence-corrected chi connectivity index (χ2v) is 6.85. The molecular weight excluding hydrogens is 387 g/mol. The zero-order valence-corrected chi connectivity index (χ0v) is 15.3. The molecule has 0 saturated carbocycles. The summed E-state index contributed by atoms with van der Waals surface area (Å²) in [7, 11) is 0. The molecule has 0 atom stereocenters. The average Bonchev–Trinajstić information content (AvgIpc) is 3.24. The first kappa shape index (κ1) is 19.1. The smallest absolute Gasteiger partial charge is 0.356 e. The Morgan fingerprint density at radius 3 is 2.62 bits per heavy atom. The standard InChI is InChI=1S/C18H18F3N7O/c19-18(20,21)14-2-1-7-23-17(14)26-8-5-13(6-9-26)10-27-16(29)4-3-15(25-27)28-12-22-11-24-28/h1-4,7,11-13H,5-6,8-10H2. The van der Waals surface area contributed by atoms with Crippen molar-refractivity contribution in [2.24, 2.45) is 5.92 Å². The lowest BCUT2D eigenvalue weighted by atomic mass is 9.96. The number of aromatic nitrogens is 6. The molecule has 1 fully saturated rings. The number of pyridine rings is 1. The van der Waals surface area contributed by atoms with Crippen LogP contribution in [-0.2, 0) is 12.7 Å². The molecule has 0 unspecified atom stereocenters. The lowest BCUT2D eigenvalue weighted by Gasteiger charge is -2.34. The van der Waals surface area contributed by atoms with Gasteiger partial charge >= 0.3 is 6.18 Å². The number of hydrogen-bond donors (Lipinski definition) is 0. The molecule has 3 aromatic rings. The number of nitrogens with zero attached hydrogens (tertiary/aromatic N) is 7. The van der Waals surface area contributed by atoms with Crippen LogP contribution >= 0.6 is 0 Å². The molecule has 1 aliphatic heterocycles. The highest BCUT2D eigenvalue weighted by Gasteiger charge is 2.36. The SMILES string of the molecule is O=c1ccc(-n2cncn2)nn1CC1CCN(c2ncccc2C(F)(F)F)CC1. The maximum atomic E-state index is 13.2. The van der Waals surface area contributed by atoms with Crippen LogP contribution in [0.5, 0.6) is 0 Å². The van der Waals surface area contributed by atoms with Crippen LogP contribution in [0.3, 0.4) is 0 Å².